The van der Waals surface area contributed by atoms with Crippen LogP contribution in [0.4, 0.5) is 0 Å². The number of thiophene rings is 1. The second-order valence-electron chi connectivity index (χ2n) is 3.39. The summed E-state index contributed by atoms with van der Waals surface area (Å²) >= 11 is 13.0. The van der Waals surface area contributed by atoms with Gasteiger partial charge in [0.2, 0.25) is 0 Å². The summed E-state index contributed by atoms with van der Waals surface area (Å²) in [5.74, 6) is 2.61. The molecule has 0 bridgehead atoms. The Bertz CT molecular complexity index is 556. The summed E-state index contributed by atoms with van der Waals surface area (Å²) in [6, 6.07) is 2.02. The van der Waals surface area contributed by atoms with Crippen LogP contribution >= 0.6 is 50.6 Å². The molecule has 1 aliphatic rings. The molecule has 0 fully saturated rings. The Morgan fingerprint density at radius 3 is 2.94 bits per heavy atom. The van der Waals surface area contributed by atoms with E-state index in [9.17, 15) is 0 Å². The Morgan fingerprint density at radius 1 is 1.31 bits per heavy atom. The van der Waals surface area contributed by atoms with Crippen LogP contribution in [0.1, 0.15) is 11.3 Å². The molecule has 2 aromatic rings. The van der Waals surface area contributed by atoms with Crippen LogP contribution in [0, 0.1) is 0 Å². The fourth-order valence-corrected chi connectivity index (χ4v) is 4.29. The van der Waals surface area contributed by atoms with Crippen LogP contribution in [0.15, 0.2) is 15.9 Å². The Labute approximate surface area is 115 Å². The summed E-state index contributed by atoms with van der Waals surface area (Å²) in [4.78, 5) is 9.98. The molecule has 0 saturated carbocycles. The van der Waals surface area contributed by atoms with E-state index in [4.69, 9.17) is 11.6 Å². The molecule has 0 atom stereocenters. The Balaban J connectivity index is 2.12. The number of halogens is 2. The highest BCUT2D eigenvalue weighted by Gasteiger charge is 2.19. The third-order valence-corrected chi connectivity index (χ3v) is 5.29. The van der Waals surface area contributed by atoms with Crippen LogP contribution in [-0.2, 0) is 11.5 Å². The number of fused-ring (bicyclic) bond motifs is 1. The first kappa shape index (κ1) is 11.0. The van der Waals surface area contributed by atoms with Gasteiger partial charge in [-0.3, -0.25) is 0 Å². The van der Waals surface area contributed by atoms with E-state index in [1.54, 1.807) is 11.3 Å². The molecule has 16 heavy (non-hydrogen) atoms. The fraction of sp³-hybridized carbons (Fsp3) is 0.200. The van der Waals surface area contributed by atoms with Gasteiger partial charge in [-0.1, -0.05) is 11.6 Å². The van der Waals surface area contributed by atoms with Crippen LogP contribution < -0.4 is 0 Å². The van der Waals surface area contributed by atoms with Crippen molar-refractivity contribution in [3.63, 3.8) is 0 Å². The van der Waals surface area contributed by atoms with Gasteiger partial charge in [0.25, 0.3) is 0 Å². The largest absolute Gasteiger partial charge is 0.231 e. The minimum atomic E-state index is 0.606. The third kappa shape index (κ3) is 1.90. The molecule has 3 heterocycles. The summed E-state index contributed by atoms with van der Waals surface area (Å²) in [6.07, 6.45) is 0. The molecule has 0 aromatic carbocycles. The van der Waals surface area contributed by atoms with Crippen molar-refractivity contribution in [2.24, 2.45) is 0 Å². The lowest BCUT2D eigenvalue weighted by atomic mass is 10.3. The van der Waals surface area contributed by atoms with Crippen molar-refractivity contribution < 1.29 is 0 Å². The van der Waals surface area contributed by atoms with E-state index in [1.807, 2.05) is 23.2 Å². The maximum absolute atomic E-state index is 6.16. The lowest BCUT2D eigenvalue weighted by Gasteiger charge is -2.02. The quantitative estimate of drug-likeness (QED) is 0.725. The zero-order chi connectivity index (χ0) is 11.1. The van der Waals surface area contributed by atoms with Gasteiger partial charge in [-0.2, -0.15) is 11.8 Å². The lowest BCUT2D eigenvalue weighted by Crippen LogP contribution is -1.96. The van der Waals surface area contributed by atoms with Crippen molar-refractivity contribution in [3.8, 4) is 10.7 Å². The van der Waals surface area contributed by atoms with Gasteiger partial charge in [0.05, 0.1) is 10.6 Å². The lowest BCUT2D eigenvalue weighted by molar-refractivity contribution is 1.08. The summed E-state index contributed by atoms with van der Waals surface area (Å²) in [5.41, 5.74) is 2.19. The molecule has 0 unspecified atom stereocenters. The first-order valence-corrected chi connectivity index (χ1v) is 7.82. The summed E-state index contributed by atoms with van der Waals surface area (Å²) < 4.78 is 1.06. The molecular formula is C10H6BrClN2S2. The smallest absolute Gasteiger partial charge is 0.171 e. The molecule has 0 saturated heterocycles. The van der Waals surface area contributed by atoms with Crippen LogP contribution in [0.25, 0.3) is 10.7 Å². The van der Waals surface area contributed by atoms with Crippen molar-refractivity contribution in [3.05, 3.63) is 32.3 Å². The van der Waals surface area contributed by atoms with Crippen molar-refractivity contribution in [1.29, 1.82) is 0 Å². The monoisotopic (exact) mass is 332 g/mol. The van der Waals surface area contributed by atoms with Gasteiger partial charge >= 0.3 is 0 Å². The summed E-state index contributed by atoms with van der Waals surface area (Å²) in [5, 5.41) is 2.63. The maximum Gasteiger partial charge on any atom is 0.171 e. The molecule has 82 valence electrons. The van der Waals surface area contributed by atoms with Gasteiger partial charge < -0.3 is 0 Å². The second-order valence-corrected chi connectivity index (χ2v) is 6.56. The number of aromatic nitrogens is 2. The van der Waals surface area contributed by atoms with Gasteiger partial charge in [-0.15, -0.1) is 11.3 Å². The second kappa shape index (κ2) is 4.29. The molecule has 6 heteroatoms. The Hall–Kier alpha value is -0.100. The van der Waals surface area contributed by atoms with Gasteiger partial charge in [0, 0.05) is 26.9 Å². The van der Waals surface area contributed by atoms with Crippen molar-refractivity contribution in [1.82, 2.24) is 9.97 Å². The normalized spacial score (nSPS) is 14.1. The molecule has 2 nitrogen and oxygen atoms in total. The first-order chi connectivity index (χ1) is 7.74. The molecular weight excluding hydrogens is 328 g/mol. The maximum atomic E-state index is 6.16. The van der Waals surface area contributed by atoms with Crippen molar-refractivity contribution >= 4 is 50.6 Å². The van der Waals surface area contributed by atoms with Gasteiger partial charge in [-0.05, 0) is 22.0 Å². The predicted octanol–water partition coefficient (Wildman–Crippen LogP) is 4.37. The van der Waals surface area contributed by atoms with Crippen LogP contribution in [0.3, 0.4) is 0 Å². The molecule has 0 radical (unpaired) electrons. The zero-order valence-corrected chi connectivity index (χ0v) is 12.0. The zero-order valence-electron chi connectivity index (χ0n) is 8.04. The molecule has 0 amide bonds. The Kier molecular flexibility index (Phi) is 2.96. The molecule has 0 aliphatic carbocycles. The minimum Gasteiger partial charge on any atom is -0.231 e. The van der Waals surface area contributed by atoms with E-state index in [-0.39, 0.29) is 0 Å². The summed E-state index contributed by atoms with van der Waals surface area (Å²) in [7, 11) is 0. The fourth-order valence-electron chi connectivity index (χ4n) is 1.55. The van der Waals surface area contributed by atoms with Gasteiger partial charge in [-0.25, -0.2) is 9.97 Å². The van der Waals surface area contributed by atoms with E-state index in [0.29, 0.717) is 5.15 Å². The number of hydrogen-bond acceptors (Lipinski definition) is 4. The molecule has 2 aromatic heterocycles. The highest BCUT2D eigenvalue weighted by atomic mass is 79.9. The average Bonchev–Trinajstić information content (AvgIpc) is 2.85. The van der Waals surface area contributed by atoms with E-state index >= 15 is 0 Å². The van der Waals surface area contributed by atoms with Crippen LogP contribution in [-0.4, -0.2) is 9.97 Å². The van der Waals surface area contributed by atoms with Gasteiger partial charge in [0.15, 0.2) is 5.82 Å². The van der Waals surface area contributed by atoms with Crippen molar-refractivity contribution in [2.45, 2.75) is 11.5 Å². The van der Waals surface area contributed by atoms with E-state index in [1.165, 1.54) is 0 Å². The van der Waals surface area contributed by atoms with E-state index in [2.05, 4.69) is 25.9 Å². The summed E-state index contributed by atoms with van der Waals surface area (Å²) in [6.45, 7) is 0. The van der Waals surface area contributed by atoms with Gasteiger partial charge in [0.1, 0.15) is 5.15 Å². The molecule has 0 spiro atoms. The number of rotatable bonds is 1. The van der Waals surface area contributed by atoms with E-state index < -0.39 is 0 Å². The SMILES string of the molecule is Clc1nc(-c2cc(Br)cs2)nc2c1CSC2. The predicted molar refractivity (Wildman–Crippen MR) is 73.1 cm³/mol. The topological polar surface area (TPSA) is 25.8 Å². The first-order valence-electron chi connectivity index (χ1n) is 4.61. The van der Waals surface area contributed by atoms with Crippen molar-refractivity contribution in [2.75, 3.05) is 0 Å². The molecule has 0 N–H and O–H groups in total. The molecule has 1 aliphatic heterocycles. The number of thioether (sulfide) groups is 1. The third-order valence-electron chi connectivity index (χ3n) is 2.32. The average molecular weight is 334 g/mol. The highest BCUT2D eigenvalue weighted by Crippen LogP contribution is 2.35. The highest BCUT2D eigenvalue weighted by molar-refractivity contribution is 9.10. The van der Waals surface area contributed by atoms with Crippen LogP contribution in [0.2, 0.25) is 5.15 Å². The number of nitrogens with zero attached hydrogens (tertiary/aromatic N) is 2. The van der Waals surface area contributed by atoms with E-state index in [0.717, 1.165) is 37.9 Å². The van der Waals surface area contributed by atoms with Crippen LogP contribution in [0.5, 0.6) is 0 Å². The standard InChI is InChI=1S/C10H6BrClN2S2/c11-5-1-8(16-2-5)10-13-7-4-15-3-6(7)9(12)14-10/h1-2H,3-4H2. The minimum absolute atomic E-state index is 0.606. The molecule has 3 rings (SSSR count). The Morgan fingerprint density at radius 2 is 2.19 bits per heavy atom. The number of hydrogen-bond donors (Lipinski definition) is 0.